The molecule has 2 aromatic carbocycles. The van der Waals surface area contributed by atoms with Gasteiger partial charge < -0.3 is 5.11 Å². The van der Waals surface area contributed by atoms with Crippen LogP contribution >= 0.6 is 0 Å². The fourth-order valence-corrected chi connectivity index (χ4v) is 1.56. The normalized spacial score (nSPS) is 8.89. The Labute approximate surface area is 113 Å². The first kappa shape index (κ1) is 13.0. The summed E-state index contributed by atoms with van der Waals surface area (Å²) in [7, 11) is 0. The molecule has 0 amide bonds. The Morgan fingerprint density at radius 3 is 2.11 bits per heavy atom. The van der Waals surface area contributed by atoms with Crippen molar-refractivity contribution in [3.05, 3.63) is 71.3 Å². The standard InChI is InChI=1S/C18H14O/c19-14-5-4-9-17-10-6-11-18(15-17)13-12-16-7-2-1-3-8-16/h1-3,6-8,10-11,15,19H,5,14H2. The first-order valence-corrected chi connectivity index (χ1v) is 6.15. The molecule has 0 unspecified atom stereocenters. The monoisotopic (exact) mass is 246 g/mol. The van der Waals surface area contributed by atoms with E-state index in [9.17, 15) is 0 Å². The van der Waals surface area contributed by atoms with Crippen molar-refractivity contribution in [1.29, 1.82) is 0 Å². The summed E-state index contributed by atoms with van der Waals surface area (Å²) in [5.74, 6) is 12.2. The molecule has 19 heavy (non-hydrogen) atoms. The van der Waals surface area contributed by atoms with Gasteiger partial charge in [0.05, 0.1) is 6.61 Å². The van der Waals surface area contributed by atoms with Crippen LogP contribution in [0.4, 0.5) is 0 Å². The van der Waals surface area contributed by atoms with Gasteiger partial charge in [-0.25, -0.2) is 0 Å². The zero-order chi connectivity index (χ0) is 13.3. The van der Waals surface area contributed by atoms with Crippen molar-refractivity contribution in [2.45, 2.75) is 6.42 Å². The van der Waals surface area contributed by atoms with Crippen molar-refractivity contribution >= 4 is 0 Å². The number of benzene rings is 2. The van der Waals surface area contributed by atoms with Crippen molar-refractivity contribution in [1.82, 2.24) is 0 Å². The predicted molar refractivity (Wildman–Crippen MR) is 77.4 cm³/mol. The van der Waals surface area contributed by atoms with Crippen LogP contribution in [0.5, 0.6) is 0 Å². The molecule has 1 heteroatoms. The number of aliphatic hydroxyl groups is 1. The van der Waals surface area contributed by atoms with E-state index in [1.54, 1.807) is 0 Å². The summed E-state index contributed by atoms with van der Waals surface area (Å²) in [6.45, 7) is 0.0977. The van der Waals surface area contributed by atoms with E-state index >= 15 is 0 Å². The maximum Gasteiger partial charge on any atom is 0.0540 e. The average Bonchev–Trinajstić information content (AvgIpc) is 2.47. The number of rotatable bonds is 1. The molecule has 0 aromatic heterocycles. The van der Waals surface area contributed by atoms with Gasteiger partial charge in [0.15, 0.2) is 0 Å². The molecule has 0 saturated heterocycles. The van der Waals surface area contributed by atoms with Gasteiger partial charge in [-0.3, -0.25) is 0 Å². The molecule has 2 rings (SSSR count). The van der Waals surface area contributed by atoms with Gasteiger partial charge in [-0.05, 0) is 30.3 Å². The second kappa shape index (κ2) is 7.07. The van der Waals surface area contributed by atoms with Crippen LogP contribution in [0.25, 0.3) is 0 Å². The third-order valence-corrected chi connectivity index (χ3v) is 2.46. The fourth-order valence-electron chi connectivity index (χ4n) is 1.56. The summed E-state index contributed by atoms with van der Waals surface area (Å²) in [5.41, 5.74) is 2.87. The van der Waals surface area contributed by atoms with E-state index in [0.717, 1.165) is 16.7 Å². The number of hydrogen-bond acceptors (Lipinski definition) is 1. The van der Waals surface area contributed by atoms with E-state index < -0.39 is 0 Å². The second-order valence-electron chi connectivity index (χ2n) is 3.97. The molecular weight excluding hydrogens is 232 g/mol. The lowest BCUT2D eigenvalue weighted by Gasteiger charge is -1.92. The highest BCUT2D eigenvalue weighted by Gasteiger charge is 1.90. The van der Waals surface area contributed by atoms with Crippen molar-refractivity contribution < 1.29 is 5.11 Å². The number of hydrogen-bond donors (Lipinski definition) is 1. The molecule has 0 aliphatic rings. The first-order chi connectivity index (χ1) is 9.38. The van der Waals surface area contributed by atoms with E-state index in [0.29, 0.717) is 6.42 Å². The van der Waals surface area contributed by atoms with Crippen LogP contribution in [-0.4, -0.2) is 11.7 Å². The van der Waals surface area contributed by atoms with Crippen molar-refractivity contribution in [2.24, 2.45) is 0 Å². The fraction of sp³-hybridized carbons (Fsp3) is 0.111. The van der Waals surface area contributed by atoms with Crippen LogP contribution in [0, 0.1) is 23.7 Å². The molecule has 2 aromatic rings. The Kier molecular flexibility index (Phi) is 4.82. The van der Waals surface area contributed by atoms with Gasteiger partial charge in [0, 0.05) is 23.1 Å². The van der Waals surface area contributed by atoms with Crippen LogP contribution in [0.1, 0.15) is 23.1 Å². The van der Waals surface area contributed by atoms with Gasteiger partial charge in [0.2, 0.25) is 0 Å². The van der Waals surface area contributed by atoms with E-state index in [2.05, 4.69) is 23.7 Å². The molecule has 0 heterocycles. The van der Waals surface area contributed by atoms with Gasteiger partial charge in [0.1, 0.15) is 0 Å². The first-order valence-electron chi connectivity index (χ1n) is 6.15. The summed E-state index contributed by atoms with van der Waals surface area (Å²) in [6, 6.07) is 17.7. The zero-order valence-electron chi connectivity index (χ0n) is 10.6. The third kappa shape index (κ3) is 4.36. The van der Waals surface area contributed by atoms with Crippen molar-refractivity contribution in [3.8, 4) is 23.7 Å². The van der Waals surface area contributed by atoms with Crippen LogP contribution in [-0.2, 0) is 0 Å². The SMILES string of the molecule is OCCC#Cc1cccc(C#Cc2ccccc2)c1. The average molecular weight is 246 g/mol. The molecule has 0 fully saturated rings. The lowest BCUT2D eigenvalue weighted by molar-refractivity contribution is 0.305. The predicted octanol–water partition coefficient (Wildman–Crippen LogP) is 2.82. The van der Waals surface area contributed by atoms with E-state index in [4.69, 9.17) is 5.11 Å². The zero-order valence-corrected chi connectivity index (χ0v) is 10.6. The second-order valence-corrected chi connectivity index (χ2v) is 3.97. The molecule has 0 radical (unpaired) electrons. The third-order valence-electron chi connectivity index (χ3n) is 2.46. The lowest BCUT2D eigenvalue weighted by Crippen LogP contribution is -1.80. The summed E-state index contributed by atoms with van der Waals surface area (Å²) in [4.78, 5) is 0. The minimum Gasteiger partial charge on any atom is -0.395 e. The van der Waals surface area contributed by atoms with Crippen LogP contribution in [0.2, 0.25) is 0 Å². The Bertz CT molecular complexity index is 649. The molecule has 0 saturated carbocycles. The molecule has 1 N–H and O–H groups in total. The van der Waals surface area contributed by atoms with Gasteiger partial charge in [-0.2, -0.15) is 0 Å². The summed E-state index contributed by atoms with van der Waals surface area (Å²) in [6.07, 6.45) is 0.500. The summed E-state index contributed by atoms with van der Waals surface area (Å²) >= 11 is 0. The molecule has 92 valence electrons. The lowest BCUT2D eigenvalue weighted by atomic mass is 10.1. The highest BCUT2D eigenvalue weighted by molar-refractivity contribution is 5.46. The molecule has 0 bridgehead atoms. The molecular formula is C18H14O. The maximum absolute atomic E-state index is 8.68. The van der Waals surface area contributed by atoms with Crippen LogP contribution in [0.15, 0.2) is 54.6 Å². The Hall–Kier alpha value is -2.48. The van der Waals surface area contributed by atoms with Crippen molar-refractivity contribution in [2.75, 3.05) is 6.61 Å². The minimum absolute atomic E-state index is 0.0977. The Morgan fingerprint density at radius 1 is 0.737 bits per heavy atom. The molecule has 0 aliphatic carbocycles. The van der Waals surface area contributed by atoms with Crippen LogP contribution in [0.3, 0.4) is 0 Å². The van der Waals surface area contributed by atoms with Gasteiger partial charge in [0.25, 0.3) is 0 Å². The minimum atomic E-state index is 0.0977. The van der Waals surface area contributed by atoms with E-state index in [1.807, 2.05) is 54.6 Å². The quantitative estimate of drug-likeness (QED) is 0.767. The smallest absolute Gasteiger partial charge is 0.0540 e. The number of aliphatic hydroxyl groups excluding tert-OH is 1. The van der Waals surface area contributed by atoms with Gasteiger partial charge in [-0.15, -0.1) is 0 Å². The molecule has 0 spiro atoms. The maximum atomic E-state index is 8.68. The van der Waals surface area contributed by atoms with E-state index in [-0.39, 0.29) is 6.61 Å². The Balaban J connectivity index is 2.17. The molecule has 0 atom stereocenters. The van der Waals surface area contributed by atoms with Gasteiger partial charge >= 0.3 is 0 Å². The largest absolute Gasteiger partial charge is 0.395 e. The topological polar surface area (TPSA) is 20.2 Å². The highest BCUT2D eigenvalue weighted by Crippen LogP contribution is 2.03. The molecule has 1 nitrogen and oxygen atoms in total. The van der Waals surface area contributed by atoms with Crippen LogP contribution < -0.4 is 0 Å². The van der Waals surface area contributed by atoms with E-state index in [1.165, 1.54) is 0 Å². The summed E-state index contributed by atoms with van der Waals surface area (Å²) in [5, 5.41) is 8.68. The molecule has 0 aliphatic heterocycles. The Morgan fingerprint density at radius 2 is 1.37 bits per heavy atom. The van der Waals surface area contributed by atoms with Gasteiger partial charge in [-0.1, -0.05) is 47.9 Å². The summed E-state index contributed by atoms with van der Waals surface area (Å²) < 4.78 is 0. The van der Waals surface area contributed by atoms with Crippen molar-refractivity contribution in [3.63, 3.8) is 0 Å². The highest BCUT2D eigenvalue weighted by atomic mass is 16.2.